The molecule has 0 aromatic carbocycles. The van der Waals surface area contributed by atoms with E-state index in [2.05, 4.69) is 4.72 Å². The Kier molecular flexibility index (Phi) is 7.47. The first-order chi connectivity index (χ1) is 8.21. The second-order valence-corrected chi connectivity index (χ2v) is 6.90. The van der Waals surface area contributed by atoms with Gasteiger partial charge in [0.25, 0.3) is 0 Å². The Bertz CT molecular complexity index is 347. The van der Waals surface area contributed by atoms with Crippen molar-refractivity contribution in [3.8, 4) is 0 Å². The highest BCUT2D eigenvalue weighted by Crippen LogP contribution is 2.12. The van der Waals surface area contributed by atoms with Gasteiger partial charge in [0.1, 0.15) is 6.04 Å². The lowest BCUT2D eigenvalue weighted by Gasteiger charge is -2.19. The Morgan fingerprint density at radius 2 is 1.72 bits per heavy atom. The summed E-state index contributed by atoms with van der Waals surface area (Å²) in [5, 5.41) is 9.01. The predicted molar refractivity (Wildman–Crippen MR) is 71.9 cm³/mol. The van der Waals surface area contributed by atoms with Crippen LogP contribution in [0.15, 0.2) is 0 Å². The van der Waals surface area contributed by atoms with Gasteiger partial charge in [-0.1, -0.05) is 40.5 Å². The fourth-order valence-corrected chi connectivity index (χ4v) is 3.59. The fraction of sp³-hybridized carbons (Fsp3) is 0.917. The van der Waals surface area contributed by atoms with Crippen LogP contribution >= 0.6 is 0 Å². The average Bonchev–Trinajstić information content (AvgIpc) is 2.23. The van der Waals surface area contributed by atoms with Crippen LogP contribution in [-0.4, -0.2) is 31.3 Å². The van der Waals surface area contributed by atoms with E-state index in [0.29, 0.717) is 6.42 Å². The summed E-state index contributed by atoms with van der Waals surface area (Å²) in [4.78, 5) is 11.0. The highest BCUT2D eigenvalue weighted by Gasteiger charge is 2.26. The highest BCUT2D eigenvalue weighted by atomic mass is 32.2. The highest BCUT2D eigenvalue weighted by molar-refractivity contribution is 7.89. The van der Waals surface area contributed by atoms with Crippen LogP contribution in [0.4, 0.5) is 0 Å². The minimum Gasteiger partial charge on any atom is -0.480 e. The zero-order valence-corrected chi connectivity index (χ0v) is 12.5. The molecule has 0 amide bonds. The number of rotatable bonds is 9. The summed E-state index contributed by atoms with van der Waals surface area (Å²) in [5.41, 5.74) is 0. The summed E-state index contributed by atoms with van der Waals surface area (Å²) < 4.78 is 26.1. The number of carbonyl (C=O) groups is 1. The van der Waals surface area contributed by atoms with Crippen molar-refractivity contribution in [1.29, 1.82) is 0 Å². The van der Waals surface area contributed by atoms with E-state index in [1.807, 2.05) is 27.7 Å². The molecule has 0 spiro atoms. The van der Waals surface area contributed by atoms with E-state index < -0.39 is 22.0 Å². The number of aliphatic carboxylic acids is 1. The molecule has 0 aliphatic heterocycles. The van der Waals surface area contributed by atoms with Crippen LogP contribution in [0.1, 0.15) is 47.0 Å². The standard InChI is InChI=1S/C12H25NO4S/c1-5-10(6-2)8-18(16,17)13-11(12(14)15)7-9(3)4/h9-11,13H,5-8H2,1-4H3,(H,14,15). The third kappa shape index (κ3) is 6.96. The lowest BCUT2D eigenvalue weighted by Crippen LogP contribution is -2.43. The summed E-state index contributed by atoms with van der Waals surface area (Å²) in [6.07, 6.45) is 1.86. The molecule has 1 unspecified atom stereocenters. The van der Waals surface area contributed by atoms with Crippen LogP contribution in [-0.2, 0) is 14.8 Å². The lowest BCUT2D eigenvalue weighted by molar-refractivity contribution is -0.139. The molecule has 0 rings (SSSR count). The average molecular weight is 279 g/mol. The number of sulfonamides is 1. The van der Waals surface area contributed by atoms with Crippen LogP contribution in [0.5, 0.6) is 0 Å². The van der Waals surface area contributed by atoms with Gasteiger partial charge in [0.2, 0.25) is 10.0 Å². The van der Waals surface area contributed by atoms with Crippen molar-refractivity contribution in [3.63, 3.8) is 0 Å². The molecule has 0 aromatic rings. The molecule has 18 heavy (non-hydrogen) atoms. The third-order valence-electron chi connectivity index (χ3n) is 2.94. The van der Waals surface area contributed by atoms with Gasteiger partial charge < -0.3 is 5.11 Å². The number of hydrogen-bond donors (Lipinski definition) is 2. The first kappa shape index (κ1) is 17.4. The topological polar surface area (TPSA) is 83.5 Å². The molecule has 0 aliphatic carbocycles. The zero-order chi connectivity index (χ0) is 14.3. The number of nitrogens with one attached hydrogen (secondary N) is 1. The normalized spacial score (nSPS) is 14.1. The minimum absolute atomic E-state index is 0.00186. The Labute approximate surface area is 110 Å². The van der Waals surface area contributed by atoms with Crippen molar-refractivity contribution in [2.24, 2.45) is 11.8 Å². The molecule has 0 saturated carbocycles. The van der Waals surface area contributed by atoms with Gasteiger partial charge in [-0.25, -0.2) is 13.1 Å². The van der Waals surface area contributed by atoms with Crippen molar-refractivity contribution in [2.75, 3.05) is 5.75 Å². The third-order valence-corrected chi connectivity index (χ3v) is 4.49. The van der Waals surface area contributed by atoms with E-state index in [9.17, 15) is 13.2 Å². The minimum atomic E-state index is -3.53. The molecule has 2 N–H and O–H groups in total. The van der Waals surface area contributed by atoms with Gasteiger partial charge in [0.05, 0.1) is 5.75 Å². The molecular weight excluding hydrogens is 254 g/mol. The molecule has 6 heteroatoms. The maximum Gasteiger partial charge on any atom is 0.321 e. The molecule has 0 fully saturated rings. The number of hydrogen-bond acceptors (Lipinski definition) is 3. The van der Waals surface area contributed by atoms with Crippen molar-refractivity contribution in [1.82, 2.24) is 4.72 Å². The number of carboxylic acids is 1. The molecule has 108 valence electrons. The molecule has 0 radical (unpaired) electrons. The Balaban J connectivity index is 4.65. The van der Waals surface area contributed by atoms with E-state index in [1.165, 1.54) is 0 Å². The van der Waals surface area contributed by atoms with Crippen molar-refractivity contribution in [3.05, 3.63) is 0 Å². The maximum atomic E-state index is 11.9. The van der Waals surface area contributed by atoms with Gasteiger partial charge in [0, 0.05) is 0 Å². The monoisotopic (exact) mass is 279 g/mol. The van der Waals surface area contributed by atoms with Crippen LogP contribution in [0, 0.1) is 11.8 Å². The Morgan fingerprint density at radius 1 is 1.22 bits per heavy atom. The fourth-order valence-electron chi connectivity index (χ4n) is 1.77. The van der Waals surface area contributed by atoms with Gasteiger partial charge in [0.15, 0.2) is 0 Å². The van der Waals surface area contributed by atoms with Crippen LogP contribution < -0.4 is 4.72 Å². The first-order valence-electron chi connectivity index (χ1n) is 6.44. The van der Waals surface area contributed by atoms with Crippen molar-refractivity contribution >= 4 is 16.0 Å². The van der Waals surface area contributed by atoms with Crippen molar-refractivity contribution in [2.45, 2.75) is 53.0 Å². The van der Waals surface area contributed by atoms with Gasteiger partial charge in [-0.2, -0.15) is 0 Å². The summed E-state index contributed by atoms with van der Waals surface area (Å²) in [5.74, 6) is -0.906. The van der Waals surface area contributed by atoms with E-state index in [0.717, 1.165) is 12.8 Å². The van der Waals surface area contributed by atoms with Gasteiger partial charge in [-0.15, -0.1) is 0 Å². The van der Waals surface area contributed by atoms with E-state index in [4.69, 9.17) is 5.11 Å². The molecule has 0 aliphatic rings. The van der Waals surface area contributed by atoms with Gasteiger partial charge in [-0.05, 0) is 18.3 Å². The second-order valence-electron chi connectivity index (χ2n) is 5.10. The van der Waals surface area contributed by atoms with E-state index in [1.54, 1.807) is 0 Å². The molecule has 0 heterocycles. The molecule has 0 saturated heterocycles. The zero-order valence-electron chi connectivity index (χ0n) is 11.6. The van der Waals surface area contributed by atoms with Crippen LogP contribution in [0.25, 0.3) is 0 Å². The predicted octanol–water partition coefficient (Wildman–Crippen LogP) is 1.84. The van der Waals surface area contributed by atoms with Crippen molar-refractivity contribution < 1.29 is 18.3 Å². The smallest absolute Gasteiger partial charge is 0.321 e. The summed E-state index contributed by atoms with van der Waals surface area (Å²) >= 11 is 0. The Morgan fingerprint density at radius 3 is 2.06 bits per heavy atom. The summed E-state index contributed by atoms with van der Waals surface area (Å²) in [6.45, 7) is 7.61. The van der Waals surface area contributed by atoms with Gasteiger partial charge >= 0.3 is 5.97 Å². The summed E-state index contributed by atoms with van der Waals surface area (Å²) in [7, 11) is -3.53. The molecule has 0 aromatic heterocycles. The molecule has 1 atom stereocenters. The second kappa shape index (κ2) is 7.74. The number of carboxylic acid groups (broad SMARTS) is 1. The van der Waals surface area contributed by atoms with Crippen LogP contribution in [0.3, 0.4) is 0 Å². The first-order valence-corrected chi connectivity index (χ1v) is 8.09. The molecular formula is C12H25NO4S. The van der Waals surface area contributed by atoms with E-state index >= 15 is 0 Å². The SMILES string of the molecule is CCC(CC)CS(=O)(=O)NC(CC(C)C)C(=O)O. The largest absolute Gasteiger partial charge is 0.480 e. The summed E-state index contributed by atoms with van der Waals surface area (Å²) in [6, 6.07) is -1.02. The van der Waals surface area contributed by atoms with Gasteiger partial charge in [-0.3, -0.25) is 4.79 Å². The lowest BCUT2D eigenvalue weighted by atomic mass is 10.1. The molecule has 5 nitrogen and oxygen atoms in total. The Hall–Kier alpha value is -0.620. The molecule has 0 bridgehead atoms. The van der Waals surface area contributed by atoms with E-state index in [-0.39, 0.29) is 17.6 Å². The van der Waals surface area contributed by atoms with Crippen LogP contribution in [0.2, 0.25) is 0 Å². The quantitative estimate of drug-likeness (QED) is 0.674. The maximum absolute atomic E-state index is 11.9.